The third-order valence-corrected chi connectivity index (χ3v) is 4.96. The van der Waals surface area contributed by atoms with Gasteiger partial charge in [-0.3, -0.25) is 4.90 Å². The van der Waals surface area contributed by atoms with Gasteiger partial charge in [-0.1, -0.05) is 18.9 Å². The van der Waals surface area contributed by atoms with Gasteiger partial charge in [0.25, 0.3) is 0 Å². The molecule has 1 aliphatic heterocycles. The molecule has 1 saturated heterocycles. The van der Waals surface area contributed by atoms with Crippen LogP contribution in [-0.2, 0) is 4.74 Å². The van der Waals surface area contributed by atoms with E-state index in [4.69, 9.17) is 9.47 Å². The molecule has 1 N–H and O–H groups in total. The van der Waals surface area contributed by atoms with E-state index in [1.165, 1.54) is 31.2 Å². The summed E-state index contributed by atoms with van der Waals surface area (Å²) in [6, 6.07) is 6.52. The van der Waals surface area contributed by atoms with Gasteiger partial charge in [-0.2, -0.15) is 0 Å². The van der Waals surface area contributed by atoms with Crippen molar-refractivity contribution in [1.82, 2.24) is 4.90 Å². The average Bonchev–Trinajstić information content (AvgIpc) is 2.54. The first-order valence-corrected chi connectivity index (χ1v) is 7.95. The summed E-state index contributed by atoms with van der Waals surface area (Å²) in [7, 11) is 1.59. The average molecular weight is 291 g/mol. The van der Waals surface area contributed by atoms with Crippen LogP contribution in [0, 0.1) is 0 Å². The number of aromatic hydroxyl groups is 1. The fourth-order valence-electron chi connectivity index (χ4n) is 3.75. The van der Waals surface area contributed by atoms with Crippen molar-refractivity contribution < 1.29 is 14.6 Å². The minimum Gasteiger partial charge on any atom is -0.504 e. The molecule has 4 heteroatoms. The van der Waals surface area contributed by atoms with Crippen molar-refractivity contribution in [1.29, 1.82) is 0 Å². The lowest BCUT2D eigenvalue weighted by molar-refractivity contribution is -0.101. The summed E-state index contributed by atoms with van der Waals surface area (Å²) in [6.45, 7) is 4.04. The number of hydrogen-bond donors (Lipinski definition) is 1. The molecule has 0 radical (unpaired) electrons. The molecule has 1 aliphatic carbocycles. The number of phenolic OH excluding ortho intramolecular Hbond substituents is 1. The van der Waals surface area contributed by atoms with E-state index >= 15 is 0 Å². The molecule has 3 atom stereocenters. The van der Waals surface area contributed by atoms with Gasteiger partial charge in [-0.15, -0.1) is 0 Å². The zero-order chi connectivity index (χ0) is 14.8. The Labute approximate surface area is 126 Å². The second-order valence-corrected chi connectivity index (χ2v) is 6.11. The highest BCUT2D eigenvalue weighted by Crippen LogP contribution is 2.36. The second-order valence-electron chi connectivity index (χ2n) is 6.11. The van der Waals surface area contributed by atoms with E-state index in [9.17, 15) is 5.11 Å². The Hall–Kier alpha value is -1.26. The lowest BCUT2D eigenvalue weighted by Crippen LogP contribution is -2.53. The molecule has 116 valence electrons. The van der Waals surface area contributed by atoms with Gasteiger partial charge in [-0.05, 0) is 37.5 Å². The highest BCUT2D eigenvalue weighted by atomic mass is 16.5. The fraction of sp³-hybridized carbons (Fsp3) is 0.647. The SMILES string of the molecule is COc1cc(C(C)N2CCOC3CCCCC32)ccc1O. The fourth-order valence-corrected chi connectivity index (χ4v) is 3.75. The Balaban J connectivity index is 1.81. The van der Waals surface area contributed by atoms with E-state index in [0.717, 1.165) is 13.2 Å². The molecule has 3 rings (SSSR count). The van der Waals surface area contributed by atoms with Crippen molar-refractivity contribution in [2.24, 2.45) is 0 Å². The van der Waals surface area contributed by atoms with Crippen LogP contribution in [0.1, 0.15) is 44.2 Å². The molecule has 0 aromatic heterocycles. The monoisotopic (exact) mass is 291 g/mol. The second kappa shape index (κ2) is 6.24. The van der Waals surface area contributed by atoms with Crippen LogP contribution in [0.3, 0.4) is 0 Å². The minimum atomic E-state index is 0.200. The molecule has 1 heterocycles. The van der Waals surface area contributed by atoms with Crippen molar-refractivity contribution in [3.05, 3.63) is 23.8 Å². The van der Waals surface area contributed by atoms with Crippen LogP contribution < -0.4 is 4.74 Å². The molecule has 0 bridgehead atoms. The highest BCUT2D eigenvalue weighted by Gasteiger charge is 2.36. The summed E-state index contributed by atoms with van der Waals surface area (Å²) in [5.41, 5.74) is 1.19. The van der Waals surface area contributed by atoms with E-state index in [-0.39, 0.29) is 5.75 Å². The van der Waals surface area contributed by atoms with Gasteiger partial charge in [-0.25, -0.2) is 0 Å². The van der Waals surface area contributed by atoms with E-state index in [2.05, 4.69) is 11.8 Å². The number of benzene rings is 1. The van der Waals surface area contributed by atoms with Gasteiger partial charge >= 0.3 is 0 Å². The van der Waals surface area contributed by atoms with Gasteiger partial charge in [0, 0.05) is 18.6 Å². The van der Waals surface area contributed by atoms with Crippen molar-refractivity contribution in [3.63, 3.8) is 0 Å². The number of morpholine rings is 1. The normalized spacial score (nSPS) is 27.9. The van der Waals surface area contributed by atoms with Crippen LogP contribution in [0.4, 0.5) is 0 Å². The number of nitrogens with zero attached hydrogens (tertiary/aromatic N) is 1. The predicted molar refractivity (Wildman–Crippen MR) is 81.8 cm³/mol. The Kier molecular flexibility index (Phi) is 4.36. The molecule has 3 unspecified atom stereocenters. The van der Waals surface area contributed by atoms with Crippen molar-refractivity contribution in [2.45, 2.75) is 50.8 Å². The molecule has 1 aromatic carbocycles. The van der Waals surface area contributed by atoms with Crippen LogP contribution in [0.5, 0.6) is 11.5 Å². The summed E-state index contributed by atoms with van der Waals surface area (Å²) in [5.74, 6) is 0.749. The number of hydrogen-bond acceptors (Lipinski definition) is 4. The number of fused-ring (bicyclic) bond motifs is 1. The maximum absolute atomic E-state index is 9.76. The number of methoxy groups -OCH3 is 1. The zero-order valence-electron chi connectivity index (χ0n) is 12.9. The van der Waals surface area contributed by atoms with Crippen LogP contribution >= 0.6 is 0 Å². The number of rotatable bonds is 3. The Morgan fingerprint density at radius 2 is 2.14 bits per heavy atom. The molecular weight excluding hydrogens is 266 g/mol. The first kappa shape index (κ1) is 14.7. The maximum atomic E-state index is 9.76. The molecule has 2 fully saturated rings. The summed E-state index contributed by atoms with van der Waals surface area (Å²) >= 11 is 0. The van der Waals surface area contributed by atoms with E-state index in [1.54, 1.807) is 13.2 Å². The number of ether oxygens (including phenoxy) is 2. The first-order chi connectivity index (χ1) is 10.2. The summed E-state index contributed by atoms with van der Waals surface area (Å²) < 4.78 is 11.2. The van der Waals surface area contributed by atoms with Crippen molar-refractivity contribution in [2.75, 3.05) is 20.3 Å². The van der Waals surface area contributed by atoms with Crippen LogP contribution in [-0.4, -0.2) is 42.4 Å². The molecule has 1 saturated carbocycles. The van der Waals surface area contributed by atoms with Crippen LogP contribution in [0.15, 0.2) is 18.2 Å². The third-order valence-electron chi connectivity index (χ3n) is 4.96. The molecule has 21 heavy (non-hydrogen) atoms. The van der Waals surface area contributed by atoms with Gasteiger partial charge in [0.2, 0.25) is 0 Å². The standard InChI is InChI=1S/C17H25NO3/c1-12(13-7-8-15(19)17(11-13)20-2)18-9-10-21-16-6-4-3-5-14(16)18/h7-8,11-12,14,16,19H,3-6,9-10H2,1-2H3. The molecule has 0 spiro atoms. The van der Waals surface area contributed by atoms with Crippen molar-refractivity contribution >= 4 is 0 Å². The lowest BCUT2D eigenvalue weighted by Gasteiger charge is -2.46. The Morgan fingerprint density at radius 3 is 2.95 bits per heavy atom. The number of phenols is 1. The lowest BCUT2D eigenvalue weighted by atomic mass is 9.88. The molecular formula is C17H25NO3. The molecule has 0 amide bonds. The Morgan fingerprint density at radius 1 is 1.33 bits per heavy atom. The topological polar surface area (TPSA) is 41.9 Å². The van der Waals surface area contributed by atoms with Gasteiger partial charge in [0.15, 0.2) is 11.5 Å². The zero-order valence-corrected chi connectivity index (χ0v) is 12.9. The smallest absolute Gasteiger partial charge is 0.160 e. The third kappa shape index (κ3) is 2.87. The van der Waals surface area contributed by atoms with E-state index in [1.807, 2.05) is 12.1 Å². The Bertz CT molecular complexity index is 489. The predicted octanol–water partition coefficient (Wildman–Crippen LogP) is 3.11. The van der Waals surface area contributed by atoms with E-state index in [0.29, 0.717) is 23.9 Å². The summed E-state index contributed by atoms with van der Waals surface area (Å²) in [6.07, 6.45) is 5.40. The largest absolute Gasteiger partial charge is 0.504 e. The van der Waals surface area contributed by atoms with Crippen LogP contribution in [0.25, 0.3) is 0 Å². The quantitative estimate of drug-likeness (QED) is 0.929. The van der Waals surface area contributed by atoms with Gasteiger partial charge < -0.3 is 14.6 Å². The van der Waals surface area contributed by atoms with Crippen LogP contribution in [0.2, 0.25) is 0 Å². The summed E-state index contributed by atoms with van der Waals surface area (Å²) in [4.78, 5) is 2.57. The first-order valence-electron chi connectivity index (χ1n) is 7.95. The molecule has 2 aliphatic rings. The van der Waals surface area contributed by atoms with Crippen molar-refractivity contribution in [3.8, 4) is 11.5 Å². The molecule has 4 nitrogen and oxygen atoms in total. The maximum Gasteiger partial charge on any atom is 0.160 e. The highest BCUT2D eigenvalue weighted by molar-refractivity contribution is 5.42. The van der Waals surface area contributed by atoms with Gasteiger partial charge in [0.1, 0.15) is 0 Å². The minimum absolute atomic E-state index is 0.200. The molecule has 1 aromatic rings. The van der Waals surface area contributed by atoms with E-state index < -0.39 is 0 Å². The van der Waals surface area contributed by atoms with Gasteiger partial charge in [0.05, 0.1) is 19.8 Å². The summed E-state index contributed by atoms with van der Waals surface area (Å²) in [5, 5.41) is 9.76.